The molecule has 0 spiro atoms. The molecule has 1 atom stereocenters. The smallest absolute Gasteiger partial charge is 0.249 e. The first-order chi connectivity index (χ1) is 16.0. The summed E-state index contributed by atoms with van der Waals surface area (Å²) in [7, 11) is 1.81. The van der Waals surface area contributed by atoms with Crippen LogP contribution in [0, 0.1) is 5.92 Å². The molecule has 8 heteroatoms. The van der Waals surface area contributed by atoms with Crippen LogP contribution in [0.3, 0.4) is 0 Å². The number of amides is 1. The fourth-order valence-electron chi connectivity index (χ4n) is 3.70. The Morgan fingerprint density at radius 3 is 2.36 bits per heavy atom. The zero-order valence-corrected chi connectivity index (χ0v) is 19.1. The number of hydrogen-bond acceptors (Lipinski definition) is 6. The van der Waals surface area contributed by atoms with Crippen molar-refractivity contribution in [3.05, 3.63) is 72.5 Å². The van der Waals surface area contributed by atoms with E-state index in [1.54, 1.807) is 4.90 Å². The van der Waals surface area contributed by atoms with Crippen molar-refractivity contribution >= 4 is 5.91 Å². The van der Waals surface area contributed by atoms with Gasteiger partial charge >= 0.3 is 0 Å². The Balaban J connectivity index is 1.36. The summed E-state index contributed by atoms with van der Waals surface area (Å²) in [6.07, 6.45) is 1.46. The fraction of sp³-hybridized carbons (Fsp3) is 0.320. The molecule has 0 N–H and O–H groups in total. The van der Waals surface area contributed by atoms with Crippen LogP contribution < -0.4 is 0 Å². The molecule has 0 saturated heterocycles. The number of carbonyl (C=O) groups is 1. The van der Waals surface area contributed by atoms with Crippen LogP contribution in [-0.4, -0.2) is 49.8 Å². The molecule has 33 heavy (non-hydrogen) atoms. The average molecular weight is 445 g/mol. The first-order valence-electron chi connectivity index (χ1n) is 11.1. The van der Waals surface area contributed by atoms with Crippen LogP contribution in [0.25, 0.3) is 22.6 Å². The maximum Gasteiger partial charge on any atom is 0.249 e. The number of aromatic nitrogens is 5. The Hall–Kier alpha value is -3.81. The predicted molar refractivity (Wildman–Crippen MR) is 125 cm³/mol. The Labute approximate surface area is 193 Å². The van der Waals surface area contributed by atoms with Crippen molar-refractivity contribution in [3.63, 3.8) is 0 Å². The minimum atomic E-state index is -0.519. The van der Waals surface area contributed by atoms with Crippen LogP contribution in [0.15, 0.2) is 71.3 Å². The number of hydrogen-bond donors (Lipinski definition) is 0. The second-order valence-corrected chi connectivity index (χ2v) is 8.40. The molecule has 2 aromatic carbocycles. The quantitative estimate of drug-likeness (QED) is 0.383. The number of carbonyl (C=O) groups excluding carboxylic acids is 1. The molecule has 2 heterocycles. The number of likely N-dealkylation sites (N-methyl/N-ethyl adjacent to an activating group) is 1. The van der Waals surface area contributed by atoms with Crippen LogP contribution in [-0.2, 0) is 11.2 Å². The van der Waals surface area contributed by atoms with Crippen molar-refractivity contribution in [1.29, 1.82) is 0 Å². The first-order valence-corrected chi connectivity index (χ1v) is 11.1. The van der Waals surface area contributed by atoms with Gasteiger partial charge in [-0.1, -0.05) is 79.7 Å². The van der Waals surface area contributed by atoms with E-state index in [0.717, 1.165) is 29.0 Å². The summed E-state index contributed by atoms with van der Waals surface area (Å²) in [5.41, 5.74) is 2.71. The molecule has 1 amide bonds. The molecule has 170 valence electrons. The number of benzene rings is 2. The molecular weight excluding hydrogens is 416 g/mol. The van der Waals surface area contributed by atoms with Gasteiger partial charge in [0.25, 0.3) is 0 Å². The first kappa shape index (κ1) is 22.4. The molecule has 2 aromatic heterocycles. The number of tetrazole rings is 1. The molecule has 0 radical (unpaired) electrons. The molecule has 8 nitrogen and oxygen atoms in total. The Bertz CT molecular complexity index is 1170. The van der Waals surface area contributed by atoms with Crippen LogP contribution in [0.5, 0.6) is 0 Å². The SMILES string of the molecule is CC(C)C(C(=O)N(C)CCCc1cc(-c2ccccc2)no1)n1nnc(-c2ccccc2)n1. The van der Waals surface area contributed by atoms with Gasteiger partial charge in [0.05, 0.1) is 0 Å². The van der Waals surface area contributed by atoms with E-state index in [9.17, 15) is 4.79 Å². The summed E-state index contributed by atoms with van der Waals surface area (Å²) < 4.78 is 5.48. The summed E-state index contributed by atoms with van der Waals surface area (Å²) in [5.74, 6) is 1.29. The van der Waals surface area contributed by atoms with Crippen molar-refractivity contribution in [1.82, 2.24) is 30.3 Å². The Morgan fingerprint density at radius 1 is 1.03 bits per heavy atom. The summed E-state index contributed by atoms with van der Waals surface area (Å²) in [5, 5.41) is 17.0. The highest BCUT2D eigenvalue weighted by Crippen LogP contribution is 2.22. The van der Waals surface area contributed by atoms with Crippen molar-refractivity contribution in [2.75, 3.05) is 13.6 Å². The molecule has 4 rings (SSSR count). The summed E-state index contributed by atoms with van der Waals surface area (Å²) in [6, 6.07) is 21.0. The molecule has 0 fully saturated rings. The third-order valence-corrected chi connectivity index (χ3v) is 5.51. The van der Waals surface area contributed by atoms with Gasteiger partial charge in [0.1, 0.15) is 11.5 Å². The highest BCUT2D eigenvalue weighted by Gasteiger charge is 2.29. The van der Waals surface area contributed by atoms with Crippen LogP contribution in [0.4, 0.5) is 0 Å². The molecule has 0 bridgehead atoms. The fourth-order valence-corrected chi connectivity index (χ4v) is 3.70. The van der Waals surface area contributed by atoms with Crippen molar-refractivity contribution < 1.29 is 9.32 Å². The molecule has 1 unspecified atom stereocenters. The lowest BCUT2D eigenvalue weighted by molar-refractivity contribution is -0.135. The Kier molecular flexibility index (Phi) is 6.92. The van der Waals surface area contributed by atoms with Crippen molar-refractivity contribution in [2.45, 2.75) is 32.7 Å². The van der Waals surface area contributed by atoms with Crippen LogP contribution >= 0.6 is 0 Å². The average Bonchev–Trinajstić information content (AvgIpc) is 3.50. The second kappa shape index (κ2) is 10.2. The topological polar surface area (TPSA) is 89.9 Å². The lowest BCUT2D eigenvalue weighted by atomic mass is 10.0. The Morgan fingerprint density at radius 2 is 1.70 bits per heavy atom. The summed E-state index contributed by atoms with van der Waals surface area (Å²) in [6.45, 7) is 4.56. The van der Waals surface area contributed by atoms with Gasteiger partial charge in [-0.25, -0.2) is 0 Å². The van der Waals surface area contributed by atoms with E-state index in [1.165, 1.54) is 4.80 Å². The van der Waals surface area contributed by atoms with E-state index in [0.29, 0.717) is 18.8 Å². The van der Waals surface area contributed by atoms with Crippen molar-refractivity contribution in [2.24, 2.45) is 5.92 Å². The van der Waals surface area contributed by atoms with Crippen molar-refractivity contribution in [3.8, 4) is 22.6 Å². The lowest BCUT2D eigenvalue weighted by Gasteiger charge is -2.25. The van der Waals surface area contributed by atoms with Gasteiger partial charge in [-0.2, -0.15) is 4.80 Å². The molecule has 0 aliphatic carbocycles. The van der Waals surface area contributed by atoms with E-state index >= 15 is 0 Å². The minimum Gasteiger partial charge on any atom is -0.361 e. The third kappa shape index (κ3) is 5.34. The van der Waals surface area contributed by atoms with Gasteiger partial charge in [0.15, 0.2) is 6.04 Å². The molecule has 0 saturated carbocycles. The van der Waals surface area contributed by atoms with Gasteiger partial charge in [-0.3, -0.25) is 4.79 Å². The highest BCUT2D eigenvalue weighted by molar-refractivity contribution is 5.80. The second-order valence-electron chi connectivity index (χ2n) is 8.40. The van der Waals surface area contributed by atoms with E-state index in [2.05, 4.69) is 20.6 Å². The van der Waals surface area contributed by atoms with Crippen LogP contribution in [0.1, 0.15) is 32.1 Å². The summed E-state index contributed by atoms with van der Waals surface area (Å²) in [4.78, 5) is 16.4. The molecule has 4 aromatic rings. The number of nitrogens with zero attached hydrogens (tertiary/aromatic N) is 6. The van der Waals surface area contributed by atoms with Crippen LogP contribution in [0.2, 0.25) is 0 Å². The van der Waals surface area contributed by atoms with Gasteiger partial charge in [0.2, 0.25) is 11.7 Å². The van der Waals surface area contributed by atoms with E-state index in [4.69, 9.17) is 4.52 Å². The van der Waals surface area contributed by atoms with Gasteiger partial charge in [0, 0.05) is 37.2 Å². The van der Waals surface area contributed by atoms with E-state index in [-0.39, 0.29) is 11.8 Å². The predicted octanol–water partition coefficient (Wildman–Crippen LogP) is 4.28. The van der Waals surface area contributed by atoms with Gasteiger partial charge in [-0.15, -0.1) is 10.2 Å². The highest BCUT2D eigenvalue weighted by atomic mass is 16.5. The zero-order valence-electron chi connectivity index (χ0n) is 19.1. The normalized spacial score (nSPS) is 12.1. The van der Waals surface area contributed by atoms with Gasteiger partial charge < -0.3 is 9.42 Å². The summed E-state index contributed by atoms with van der Waals surface area (Å²) >= 11 is 0. The third-order valence-electron chi connectivity index (χ3n) is 5.51. The maximum atomic E-state index is 13.2. The largest absolute Gasteiger partial charge is 0.361 e. The number of aryl methyl sites for hydroxylation is 1. The minimum absolute atomic E-state index is 0.0143. The molecule has 0 aliphatic heterocycles. The molecular formula is C25H28N6O2. The van der Waals surface area contributed by atoms with E-state index < -0.39 is 6.04 Å². The van der Waals surface area contributed by atoms with Gasteiger partial charge in [-0.05, 0) is 17.6 Å². The monoisotopic (exact) mass is 444 g/mol. The number of rotatable bonds is 9. The maximum absolute atomic E-state index is 13.2. The van der Waals surface area contributed by atoms with E-state index in [1.807, 2.05) is 87.6 Å². The lowest BCUT2D eigenvalue weighted by Crippen LogP contribution is -2.38. The standard InChI is InChI=1S/C25H28N6O2/c1-18(2)23(31-27-24(26-29-31)20-13-8-5-9-14-20)25(32)30(3)16-10-15-21-17-22(28-33-21)19-11-6-4-7-12-19/h4-9,11-14,17-18,23H,10,15-16H2,1-3H3. The zero-order chi connectivity index (χ0) is 23.2. The molecule has 0 aliphatic rings.